The second-order valence-corrected chi connectivity index (χ2v) is 6.86. The third-order valence-corrected chi connectivity index (χ3v) is 5.31. The second-order valence-electron chi connectivity index (χ2n) is 6.86. The van der Waals surface area contributed by atoms with Crippen LogP contribution in [0.3, 0.4) is 0 Å². The van der Waals surface area contributed by atoms with E-state index in [1.54, 1.807) is 0 Å². The number of nitrogens with two attached hydrogens (primary N) is 1. The first-order chi connectivity index (χ1) is 10.2. The summed E-state index contributed by atoms with van der Waals surface area (Å²) in [5.41, 5.74) is 5.98. The van der Waals surface area contributed by atoms with E-state index >= 15 is 0 Å². The maximum Gasteiger partial charge on any atom is 0.226 e. The number of carbonyl (C=O) groups is 1. The average molecular weight is 295 g/mol. The molecule has 0 radical (unpaired) electrons. The van der Waals surface area contributed by atoms with E-state index in [1.165, 1.54) is 6.42 Å². The highest BCUT2D eigenvalue weighted by atomic mass is 16.5. The summed E-state index contributed by atoms with van der Waals surface area (Å²) >= 11 is 0. The molecule has 2 aliphatic heterocycles. The topological polar surface area (TPSA) is 58.8 Å². The predicted octanol–water partition coefficient (Wildman–Crippen LogP) is 0.827. The van der Waals surface area contributed by atoms with Gasteiger partial charge >= 0.3 is 0 Å². The second kappa shape index (κ2) is 7.07. The first-order valence-electron chi connectivity index (χ1n) is 8.60. The van der Waals surface area contributed by atoms with E-state index in [4.69, 9.17) is 10.5 Å². The molecule has 2 N–H and O–H groups in total. The van der Waals surface area contributed by atoms with Gasteiger partial charge in [-0.2, -0.15) is 0 Å². The van der Waals surface area contributed by atoms with Gasteiger partial charge in [-0.25, -0.2) is 0 Å². The van der Waals surface area contributed by atoms with E-state index in [0.29, 0.717) is 11.9 Å². The van der Waals surface area contributed by atoms with E-state index in [0.717, 1.165) is 71.5 Å². The van der Waals surface area contributed by atoms with Crippen LogP contribution in [0.4, 0.5) is 0 Å². The zero-order valence-electron chi connectivity index (χ0n) is 13.0. The van der Waals surface area contributed by atoms with E-state index in [2.05, 4.69) is 9.80 Å². The number of ether oxygens (including phenoxy) is 1. The molecule has 0 unspecified atom stereocenters. The summed E-state index contributed by atoms with van der Waals surface area (Å²) in [5.74, 6) is 0.561. The van der Waals surface area contributed by atoms with Crippen LogP contribution in [0.2, 0.25) is 0 Å². The Labute approximate surface area is 127 Å². The molecule has 1 aliphatic carbocycles. The van der Waals surface area contributed by atoms with Crippen LogP contribution in [-0.4, -0.2) is 67.2 Å². The zero-order chi connectivity index (χ0) is 14.7. The molecule has 0 aromatic rings. The summed E-state index contributed by atoms with van der Waals surface area (Å²) in [7, 11) is 0. The Morgan fingerprint density at radius 3 is 2.62 bits per heavy atom. The minimum absolute atomic E-state index is 0.185. The summed E-state index contributed by atoms with van der Waals surface area (Å²) in [6, 6.07) is 0.641. The van der Waals surface area contributed by atoms with Crippen LogP contribution in [0.5, 0.6) is 0 Å². The van der Waals surface area contributed by atoms with Gasteiger partial charge in [0.05, 0.1) is 13.2 Å². The van der Waals surface area contributed by atoms with Gasteiger partial charge in [-0.1, -0.05) is 0 Å². The third kappa shape index (κ3) is 3.76. The van der Waals surface area contributed by atoms with Crippen molar-refractivity contribution in [1.29, 1.82) is 0 Å². The van der Waals surface area contributed by atoms with Crippen LogP contribution in [-0.2, 0) is 9.53 Å². The molecule has 3 rings (SSSR count). The van der Waals surface area contributed by atoms with Crippen LogP contribution in [0.15, 0.2) is 0 Å². The van der Waals surface area contributed by atoms with Gasteiger partial charge < -0.3 is 15.4 Å². The van der Waals surface area contributed by atoms with Gasteiger partial charge in [-0.3, -0.25) is 9.69 Å². The lowest BCUT2D eigenvalue weighted by Crippen LogP contribution is -2.52. The number of carbonyl (C=O) groups excluding carboxylic acids is 1. The number of rotatable bonds is 3. The van der Waals surface area contributed by atoms with Gasteiger partial charge in [0.25, 0.3) is 0 Å². The fourth-order valence-electron chi connectivity index (χ4n) is 4.04. The van der Waals surface area contributed by atoms with Crippen LogP contribution in [0, 0.1) is 5.92 Å². The van der Waals surface area contributed by atoms with Crippen molar-refractivity contribution in [1.82, 2.24) is 9.80 Å². The fourth-order valence-corrected chi connectivity index (χ4v) is 4.04. The van der Waals surface area contributed by atoms with Gasteiger partial charge in [0.1, 0.15) is 0 Å². The van der Waals surface area contributed by atoms with E-state index in [-0.39, 0.29) is 12.0 Å². The molecule has 5 nitrogen and oxygen atoms in total. The first-order valence-corrected chi connectivity index (χ1v) is 8.60. The molecule has 0 spiro atoms. The van der Waals surface area contributed by atoms with Crippen LogP contribution >= 0.6 is 0 Å². The highest BCUT2D eigenvalue weighted by molar-refractivity contribution is 5.79. The maximum absolute atomic E-state index is 12.8. The number of hydrogen-bond donors (Lipinski definition) is 1. The quantitative estimate of drug-likeness (QED) is 0.838. The minimum atomic E-state index is 0.185. The summed E-state index contributed by atoms with van der Waals surface area (Å²) in [6.45, 7) is 5.64. The van der Waals surface area contributed by atoms with Crippen molar-refractivity contribution in [2.45, 2.75) is 50.6 Å². The van der Waals surface area contributed by atoms with Gasteiger partial charge in [-0.05, 0) is 38.5 Å². The molecule has 0 aromatic carbocycles. The molecule has 3 fully saturated rings. The first kappa shape index (κ1) is 15.3. The van der Waals surface area contributed by atoms with Gasteiger partial charge in [-0.15, -0.1) is 0 Å². The molecule has 0 bridgehead atoms. The molecule has 1 saturated carbocycles. The Bertz CT molecular complexity index is 357. The predicted molar refractivity (Wildman–Crippen MR) is 81.9 cm³/mol. The molecule has 21 heavy (non-hydrogen) atoms. The van der Waals surface area contributed by atoms with Crippen molar-refractivity contribution in [2.75, 3.05) is 39.4 Å². The summed E-state index contributed by atoms with van der Waals surface area (Å²) in [5, 5.41) is 0. The SMILES string of the molecule is N[C@@H]1CC[C@H](C(=O)N2CCCC[C@H]2CN2CCOCC2)C1. The van der Waals surface area contributed by atoms with E-state index < -0.39 is 0 Å². The number of hydrogen-bond acceptors (Lipinski definition) is 4. The van der Waals surface area contributed by atoms with E-state index in [1.807, 2.05) is 0 Å². The summed E-state index contributed by atoms with van der Waals surface area (Å²) < 4.78 is 5.42. The molecule has 1 amide bonds. The number of likely N-dealkylation sites (tertiary alicyclic amines) is 1. The molecule has 3 atom stereocenters. The van der Waals surface area contributed by atoms with Crippen LogP contribution < -0.4 is 5.73 Å². The van der Waals surface area contributed by atoms with Crippen molar-refractivity contribution in [3.8, 4) is 0 Å². The van der Waals surface area contributed by atoms with Crippen molar-refractivity contribution in [3.63, 3.8) is 0 Å². The molecule has 5 heteroatoms. The molecular weight excluding hydrogens is 266 g/mol. The van der Waals surface area contributed by atoms with Crippen LogP contribution in [0.25, 0.3) is 0 Å². The van der Waals surface area contributed by atoms with Crippen molar-refractivity contribution in [2.24, 2.45) is 11.7 Å². The summed E-state index contributed by atoms with van der Waals surface area (Å²) in [6.07, 6.45) is 6.45. The fraction of sp³-hybridized carbons (Fsp3) is 0.938. The monoisotopic (exact) mass is 295 g/mol. The average Bonchev–Trinajstić information content (AvgIpc) is 2.95. The minimum Gasteiger partial charge on any atom is -0.379 e. The Hall–Kier alpha value is -0.650. The van der Waals surface area contributed by atoms with Gasteiger partial charge in [0.15, 0.2) is 0 Å². The Balaban J connectivity index is 1.59. The Morgan fingerprint density at radius 2 is 1.90 bits per heavy atom. The van der Waals surface area contributed by atoms with Crippen molar-refractivity contribution >= 4 is 5.91 Å². The third-order valence-electron chi connectivity index (χ3n) is 5.31. The number of nitrogens with zero attached hydrogens (tertiary/aromatic N) is 2. The highest BCUT2D eigenvalue weighted by Gasteiger charge is 2.35. The standard InChI is InChI=1S/C16H29N3O2/c17-14-5-4-13(11-14)16(20)19-6-2-1-3-15(19)12-18-7-9-21-10-8-18/h13-15H,1-12,17H2/t13-,14+,15-/m0/s1. The van der Waals surface area contributed by atoms with Crippen molar-refractivity contribution in [3.05, 3.63) is 0 Å². The normalized spacial score (nSPS) is 35.1. The molecule has 3 aliphatic rings. The van der Waals surface area contributed by atoms with Crippen molar-refractivity contribution < 1.29 is 9.53 Å². The highest BCUT2D eigenvalue weighted by Crippen LogP contribution is 2.29. The lowest BCUT2D eigenvalue weighted by Gasteiger charge is -2.40. The maximum atomic E-state index is 12.8. The number of amides is 1. The largest absolute Gasteiger partial charge is 0.379 e. The summed E-state index contributed by atoms with van der Waals surface area (Å²) in [4.78, 5) is 17.5. The number of piperidine rings is 1. The molecule has 120 valence electrons. The molecule has 0 aromatic heterocycles. The number of morpholine rings is 1. The molecular formula is C16H29N3O2. The lowest BCUT2D eigenvalue weighted by atomic mass is 9.97. The van der Waals surface area contributed by atoms with Gasteiger partial charge in [0.2, 0.25) is 5.91 Å². The van der Waals surface area contributed by atoms with E-state index in [9.17, 15) is 4.79 Å². The van der Waals surface area contributed by atoms with Crippen LogP contribution in [0.1, 0.15) is 38.5 Å². The Morgan fingerprint density at radius 1 is 1.10 bits per heavy atom. The smallest absolute Gasteiger partial charge is 0.226 e. The molecule has 2 heterocycles. The van der Waals surface area contributed by atoms with Gasteiger partial charge in [0, 0.05) is 44.2 Å². The zero-order valence-corrected chi connectivity index (χ0v) is 13.0. The lowest BCUT2D eigenvalue weighted by molar-refractivity contribution is -0.139. The molecule has 2 saturated heterocycles. The Kier molecular flexibility index (Phi) is 5.14.